The van der Waals surface area contributed by atoms with Crippen molar-refractivity contribution in [3.8, 4) is 0 Å². The maximum Gasteiger partial charge on any atom is 0.193 e. The van der Waals surface area contributed by atoms with E-state index in [0.717, 1.165) is 32.2 Å². The van der Waals surface area contributed by atoms with E-state index in [1.165, 1.54) is 57.5 Å². The van der Waals surface area contributed by atoms with Gasteiger partial charge < -0.3 is 24.8 Å². The number of unbranched alkanes of at least 4 members (excludes halogenated alkanes) is 1. The number of benzene rings is 1. The number of nitrogens with zero attached hydrogens (tertiary/aromatic N) is 4. The highest BCUT2D eigenvalue weighted by Gasteiger charge is 2.24. The lowest BCUT2D eigenvalue weighted by molar-refractivity contribution is 0.0907. The van der Waals surface area contributed by atoms with Crippen molar-refractivity contribution in [1.29, 1.82) is 0 Å². The number of rotatable bonds is 9. The Labute approximate surface area is 176 Å². The first-order valence-electron chi connectivity index (χ1n) is 11.2. The molecule has 0 saturated carbocycles. The molecule has 1 unspecified atom stereocenters. The second-order valence-electron chi connectivity index (χ2n) is 8.43. The molecule has 2 saturated heterocycles. The molecule has 1 aromatic carbocycles. The molecule has 0 aromatic heterocycles. The van der Waals surface area contributed by atoms with Crippen molar-refractivity contribution in [2.45, 2.75) is 25.9 Å². The van der Waals surface area contributed by atoms with E-state index in [0.29, 0.717) is 12.5 Å². The van der Waals surface area contributed by atoms with Crippen LogP contribution in [0.25, 0.3) is 0 Å². The number of likely N-dealkylation sites (N-methyl/N-ethyl adjacent to an activating group) is 1. The number of likely N-dealkylation sites (tertiary alicyclic amines) is 1. The van der Waals surface area contributed by atoms with Crippen molar-refractivity contribution in [3.63, 3.8) is 0 Å². The average molecular weight is 402 g/mol. The van der Waals surface area contributed by atoms with E-state index in [4.69, 9.17) is 4.74 Å². The van der Waals surface area contributed by atoms with E-state index in [-0.39, 0.29) is 0 Å². The minimum Gasteiger partial charge on any atom is -0.376 e. The van der Waals surface area contributed by atoms with Crippen LogP contribution >= 0.6 is 0 Å². The summed E-state index contributed by atoms with van der Waals surface area (Å²) < 4.78 is 5.95. The molecule has 2 heterocycles. The minimum absolute atomic E-state index is 0.592. The number of nitrogens with one attached hydrogen (secondary N) is 1. The van der Waals surface area contributed by atoms with Gasteiger partial charge >= 0.3 is 0 Å². The Balaban J connectivity index is 1.26. The number of ether oxygens (including phenoxy) is 1. The summed E-state index contributed by atoms with van der Waals surface area (Å²) in [5.74, 6) is 1.64. The predicted molar refractivity (Wildman–Crippen MR) is 120 cm³/mol. The average Bonchev–Trinajstić information content (AvgIpc) is 3.21. The van der Waals surface area contributed by atoms with Gasteiger partial charge in [-0.3, -0.25) is 4.99 Å². The molecule has 3 rings (SSSR count). The lowest BCUT2D eigenvalue weighted by atomic mass is 10.1. The molecule has 0 radical (unpaired) electrons. The Bertz CT molecular complexity index is 601. The smallest absolute Gasteiger partial charge is 0.193 e. The van der Waals surface area contributed by atoms with Gasteiger partial charge in [0, 0.05) is 58.8 Å². The highest BCUT2D eigenvalue weighted by atomic mass is 16.5. The predicted octanol–water partition coefficient (Wildman–Crippen LogP) is 2.13. The summed E-state index contributed by atoms with van der Waals surface area (Å²) in [6.45, 7) is 10.7. The molecule has 0 spiro atoms. The summed E-state index contributed by atoms with van der Waals surface area (Å²) in [4.78, 5) is 11.9. The summed E-state index contributed by atoms with van der Waals surface area (Å²) >= 11 is 0. The van der Waals surface area contributed by atoms with Crippen LogP contribution in [0.2, 0.25) is 0 Å². The van der Waals surface area contributed by atoms with E-state index < -0.39 is 0 Å². The Morgan fingerprint density at radius 2 is 1.90 bits per heavy atom. The van der Waals surface area contributed by atoms with Gasteiger partial charge in [0.15, 0.2) is 5.96 Å². The Morgan fingerprint density at radius 1 is 1.10 bits per heavy atom. The SMILES string of the molecule is CN=C(NCCCCN1CCN(C)CC1)N1CCC(COCc2ccccc2)C1. The van der Waals surface area contributed by atoms with Crippen molar-refractivity contribution < 1.29 is 4.74 Å². The van der Waals surface area contributed by atoms with Crippen molar-refractivity contribution in [2.24, 2.45) is 10.9 Å². The van der Waals surface area contributed by atoms with Gasteiger partial charge in [0.2, 0.25) is 0 Å². The molecule has 29 heavy (non-hydrogen) atoms. The molecule has 2 aliphatic heterocycles. The summed E-state index contributed by atoms with van der Waals surface area (Å²) in [6, 6.07) is 10.4. The molecule has 0 bridgehead atoms. The molecule has 0 amide bonds. The summed E-state index contributed by atoms with van der Waals surface area (Å²) in [6.07, 6.45) is 3.63. The third-order valence-electron chi connectivity index (χ3n) is 6.04. The zero-order valence-corrected chi connectivity index (χ0v) is 18.4. The van der Waals surface area contributed by atoms with E-state index >= 15 is 0 Å². The first kappa shape index (κ1) is 22.1. The van der Waals surface area contributed by atoms with E-state index in [9.17, 15) is 0 Å². The number of aliphatic imine (C=N–C) groups is 1. The van der Waals surface area contributed by atoms with Crippen LogP contribution in [-0.2, 0) is 11.3 Å². The zero-order chi connectivity index (χ0) is 20.3. The fourth-order valence-corrected chi connectivity index (χ4v) is 4.14. The maximum atomic E-state index is 5.95. The second kappa shape index (κ2) is 12.2. The van der Waals surface area contributed by atoms with Crippen LogP contribution in [0.4, 0.5) is 0 Å². The van der Waals surface area contributed by atoms with Gasteiger partial charge in [0.05, 0.1) is 13.2 Å². The number of piperazine rings is 1. The van der Waals surface area contributed by atoms with Crippen LogP contribution in [0.3, 0.4) is 0 Å². The highest BCUT2D eigenvalue weighted by molar-refractivity contribution is 5.80. The van der Waals surface area contributed by atoms with Gasteiger partial charge in [0.25, 0.3) is 0 Å². The molecule has 0 aliphatic carbocycles. The van der Waals surface area contributed by atoms with Crippen molar-refractivity contribution in [2.75, 3.05) is 73.1 Å². The third-order valence-corrected chi connectivity index (χ3v) is 6.04. The third kappa shape index (κ3) is 7.61. The fourth-order valence-electron chi connectivity index (χ4n) is 4.14. The normalized spacial score (nSPS) is 21.7. The molecule has 2 aliphatic rings. The molecule has 1 N–H and O–H groups in total. The lowest BCUT2D eigenvalue weighted by Gasteiger charge is -2.32. The zero-order valence-electron chi connectivity index (χ0n) is 18.4. The number of hydrogen-bond donors (Lipinski definition) is 1. The van der Waals surface area contributed by atoms with E-state index in [2.05, 4.69) is 56.3 Å². The Kier molecular flexibility index (Phi) is 9.25. The van der Waals surface area contributed by atoms with Crippen molar-refractivity contribution >= 4 is 5.96 Å². The topological polar surface area (TPSA) is 43.3 Å². The minimum atomic E-state index is 0.592. The van der Waals surface area contributed by atoms with Gasteiger partial charge in [-0.2, -0.15) is 0 Å². The quantitative estimate of drug-likeness (QED) is 0.390. The number of guanidine groups is 1. The molecule has 1 aromatic rings. The Hall–Kier alpha value is -1.63. The molecule has 6 heteroatoms. The standard InChI is InChI=1S/C23H39N5O/c1-24-23(25-11-6-7-12-27-16-14-26(2)15-17-27)28-13-10-22(18-28)20-29-19-21-8-4-3-5-9-21/h3-5,8-9,22H,6-7,10-20H2,1-2H3,(H,24,25). The van der Waals surface area contributed by atoms with Gasteiger partial charge in [-0.15, -0.1) is 0 Å². The summed E-state index contributed by atoms with van der Waals surface area (Å²) in [5, 5.41) is 3.57. The molecular weight excluding hydrogens is 362 g/mol. The lowest BCUT2D eigenvalue weighted by Crippen LogP contribution is -2.44. The second-order valence-corrected chi connectivity index (χ2v) is 8.43. The van der Waals surface area contributed by atoms with Crippen LogP contribution in [0.5, 0.6) is 0 Å². The molecule has 2 fully saturated rings. The van der Waals surface area contributed by atoms with Crippen molar-refractivity contribution in [3.05, 3.63) is 35.9 Å². The van der Waals surface area contributed by atoms with Crippen LogP contribution in [0.15, 0.2) is 35.3 Å². The molecule has 162 valence electrons. The van der Waals surface area contributed by atoms with Crippen molar-refractivity contribution in [1.82, 2.24) is 20.0 Å². The number of hydrogen-bond acceptors (Lipinski definition) is 4. The highest BCUT2D eigenvalue weighted by Crippen LogP contribution is 2.17. The van der Waals surface area contributed by atoms with Gasteiger partial charge in [-0.05, 0) is 38.4 Å². The Morgan fingerprint density at radius 3 is 2.66 bits per heavy atom. The van der Waals surface area contributed by atoms with Gasteiger partial charge in [0.1, 0.15) is 0 Å². The largest absolute Gasteiger partial charge is 0.376 e. The van der Waals surface area contributed by atoms with E-state index in [1.54, 1.807) is 0 Å². The fraction of sp³-hybridized carbons (Fsp3) is 0.696. The van der Waals surface area contributed by atoms with Crippen LogP contribution in [-0.4, -0.2) is 93.7 Å². The molecule has 1 atom stereocenters. The molecule has 6 nitrogen and oxygen atoms in total. The van der Waals surface area contributed by atoms with Crippen LogP contribution in [0, 0.1) is 5.92 Å². The summed E-state index contributed by atoms with van der Waals surface area (Å²) in [5.41, 5.74) is 1.25. The van der Waals surface area contributed by atoms with E-state index in [1.807, 2.05) is 13.1 Å². The van der Waals surface area contributed by atoms with Gasteiger partial charge in [-0.1, -0.05) is 30.3 Å². The van der Waals surface area contributed by atoms with Gasteiger partial charge in [-0.25, -0.2) is 0 Å². The maximum absolute atomic E-state index is 5.95. The summed E-state index contributed by atoms with van der Waals surface area (Å²) in [7, 11) is 4.11. The first-order valence-corrected chi connectivity index (χ1v) is 11.2. The van der Waals surface area contributed by atoms with Crippen LogP contribution in [0.1, 0.15) is 24.8 Å². The van der Waals surface area contributed by atoms with Crippen LogP contribution < -0.4 is 5.32 Å². The monoisotopic (exact) mass is 401 g/mol. The first-order chi connectivity index (χ1) is 14.2. The molecular formula is C23H39N5O.